The second-order valence-corrected chi connectivity index (χ2v) is 7.42. The predicted octanol–water partition coefficient (Wildman–Crippen LogP) is 2.18. The number of nitrogens with zero attached hydrogens (tertiary/aromatic N) is 1. The average Bonchev–Trinajstić information content (AvgIpc) is 2.74. The Labute approximate surface area is 139 Å². The number of rotatable bonds is 5. The molecule has 0 aliphatic carbocycles. The van der Waals surface area contributed by atoms with Crippen molar-refractivity contribution < 1.29 is 31.4 Å². The number of amides is 1. The summed E-state index contributed by atoms with van der Waals surface area (Å²) in [5.74, 6) is -0.529. The van der Waals surface area contributed by atoms with Gasteiger partial charge in [0.15, 0.2) is 0 Å². The Morgan fingerprint density at radius 2 is 2.00 bits per heavy atom. The highest BCUT2D eigenvalue weighted by molar-refractivity contribution is 7.84. The lowest BCUT2D eigenvalue weighted by Gasteiger charge is -2.27. The van der Waals surface area contributed by atoms with Gasteiger partial charge in [0.2, 0.25) is 0 Å². The maximum absolute atomic E-state index is 13.5. The number of esters is 1. The van der Waals surface area contributed by atoms with Crippen LogP contribution in [0.5, 0.6) is 0 Å². The van der Waals surface area contributed by atoms with Crippen LogP contribution >= 0.6 is 0 Å². The van der Waals surface area contributed by atoms with E-state index < -0.39 is 40.5 Å². The van der Waals surface area contributed by atoms with Gasteiger partial charge in [-0.3, -0.25) is 4.79 Å². The number of carbonyl (C=O) groups is 2. The maximum atomic E-state index is 13.5. The van der Waals surface area contributed by atoms with E-state index in [0.717, 1.165) is 0 Å². The van der Waals surface area contributed by atoms with Gasteiger partial charge >= 0.3 is 22.5 Å². The van der Waals surface area contributed by atoms with Crippen LogP contribution in [0.15, 0.2) is 30.3 Å². The number of hydrogen-bond acceptors (Lipinski definition) is 6. The van der Waals surface area contributed by atoms with Crippen LogP contribution in [0.1, 0.15) is 25.8 Å². The molecule has 1 fully saturated rings. The summed E-state index contributed by atoms with van der Waals surface area (Å²) in [6, 6.07) is 8.54. The van der Waals surface area contributed by atoms with Crippen LogP contribution in [0.4, 0.5) is 8.68 Å². The molecule has 1 aliphatic heterocycles. The van der Waals surface area contributed by atoms with E-state index in [9.17, 15) is 21.9 Å². The standard InChI is InChI=1S/C15H18FNO6S/c1-15(2)8-13(18)23-12(15)9-17(24(16,20)21)14(19)22-10-11-6-4-3-5-7-11/h3-7,12H,8-10H2,1-2H3/t12-/m1/s1. The molecule has 1 heterocycles. The van der Waals surface area contributed by atoms with Gasteiger partial charge in [-0.25, -0.2) is 4.79 Å². The summed E-state index contributed by atoms with van der Waals surface area (Å²) in [6.07, 6.45) is -2.25. The molecule has 2 rings (SSSR count). The zero-order valence-electron chi connectivity index (χ0n) is 13.3. The Hall–Kier alpha value is -2.16. The fraction of sp³-hybridized carbons (Fsp3) is 0.467. The minimum Gasteiger partial charge on any atom is -0.460 e. The quantitative estimate of drug-likeness (QED) is 0.591. The molecule has 0 radical (unpaired) electrons. The molecule has 1 aliphatic rings. The van der Waals surface area contributed by atoms with Crippen LogP contribution in [-0.4, -0.2) is 37.4 Å². The maximum Gasteiger partial charge on any atom is 0.426 e. The van der Waals surface area contributed by atoms with E-state index in [0.29, 0.717) is 5.56 Å². The van der Waals surface area contributed by atoms with Crippen LogP contribution in [0.25, 0.3) is 0 Å². The molecule has 1 atom stereocenters. The van der Waals surface area contributed by atoms with Crippen LogP contribution in [0, 0.1) is 5.41 Å². The molecule has 1 aromatic rings. The van der Waals surface area contributed by atoms with E-state index >= 15 is 0 Å². The minimum absolute atomic E-state index is 0.0525. The van der Waals surface area contributed by atoms with Gasteiger partial charge < -0.3 is 9.47 Å². The van der Waals surface area contributed by atoms with E-state index in [1.165, 1.54) is 0 Å². The van der Waals surface area contributed by atoms with Crippen molar-refractivity contribution in [3.63, 3.8) is 0 Å². The first-order valence-corrected chi connectivity index (χ1v) is 8.56. The van der Waals surface area contributed by atoms with Crippen molar-refractivity contribution in [2.45, 2.75) is 33.0 Å². The third kappa shape index (κ3) is 4.44. The summed E-state index contributed by atoms with van der Waals surface area (Å²) in [4.78, 5) is 23.4. The van der Waals surface area contributed by atoms with E-state index in [1.54, 1.807) is 44.2 Å². The van der Waals surface area contributed by atoms with Gasteiger partial charge in [0.25, 0.3) is 0 Å². The SMILES string of the molecule is CC1(C)CC(=O)O[C@@H]1CN(C(=O)OCc1ccccc1)S(=O)(=O)F. The van der Waals surface area contributed by atoms with Crippen molar-refractivity contribution in [1.82, 2.24) is 4.31 Å². The summed E-state index contributed by atoms with van der Waals surface area (Å²) in [5, 5.41) is 0. The monoisotopic (exact) mass is 359 g/mol. The van der Waals surface area contributed by atoms with Crippen molar-refractivity contribution in [3.8, 4) is 0 Å². The lowest BCUT2D eigenvalue weighted by Crippen LogP contribution is -2.44. The smallest absolute Gasteiger partial charge is 0.426 e. The first-order chi connectivity index (χ1) is 11.1. The molecule has 9 heteroatoms. The normalized spacial score (nSPS) is 19.6. The highest BCUT2D eigenvalue weighted by atomic mass is 32.3. The topological polar surface area (TPSA) is 90.0 Å². The first kappa shape index (κ1) is 18.2. The van der Waals surface area contributed by atoms with E-state index in [4.69, 9.17) is 9.47 Å². The highest BCUT2D eigenvalue weighted by Gasteiger charge is 2.45. The molecular weight excluding hydrogens is 341 g/mol. The molecule has 0 bridgehead atoms. The Bertz CT molecular complexity index is 719. The first-order valence-electron chi connectivity index (χ1n) is 7.22. The van der Waals surface area contributed by atoms with Crippen LogP contribution < -0.4 is 0 Å². The Balaban J connectivity index is 2.08. The van der Waals surface area contributed by atoms with Gasteiger partial charge in [-0.05, 0) is 5.56 Å². The zero-order valence-corrected chi connectivity index (χ0v) is 14.1. The predicted molar refractivity (Wildman–Crippen MR) is 81.6 cm³/mol. The number of hydrogen-bond donors (Lipinski definition) is 0. The van der Waals surface area contributed by atoms with Gasteiger partial charge in [-0.15, -0.1) is 0 Å². The molecule has 1 saturated heterocycles. The van der Waals surface area contributed by atoms with E-state index in [2.05, 4.69) is 0 Å². The van der Waals surface area contributed by atoms with Crippen molar-refractivity contribution in [3.05, 3.63) is 35.9 Å². The minimum atomic E-state index is -5.36. The summed E-state index contributed by atoms with van der Waals surface area (Å²) in [6.45, 7) is 2.49. The Morgan fingerprint density at radius 3 is 2.50 bits per heavy atom. The fourth-order valence-electron chi connectivity index (χ4n) is 2.32. The number of ether oxygens (including phenoxy) is 2. The van der Waals surface area contributed by atoms with Crippen LogP contribution in [0.3, 0.4) is 0 Å². The summed E-state index contributed by atoms with van der Waals surface area (Å²) >= 11 is 0. The number of cyclic esters (lactones) is 1. The Morgan fingerprint density at radius 1 is 1.38 bits per heavy atom. The molecule has 24 heavy (non-hydrogen) atoms. The van der Waals surface area contributed by atoms with Gasteiger partial charge in [0.05, 0.1) is 13.0 Å². The number of halogens is 1. The molecule has 0 saturated carbocycles. The Kier molecular flexibility index (Phi) is 5.12. The van der Waals surface area contributed by atoms with Crippen LogP contribution in [0.2, 0.25) is 0 Å². The number of benzene rings is 1. The molecule has 0 N–H and O–H groups in total. The lowest BCUT2D eigenvalue weighted by molar-refractivity contribution is -0.142. The molecule has 1 amide bonds. The second kappa shape index (κ2) is 6.76. The second-order valence-electron chi connectivity index (χ2n) is 6.16. The van der Waals surface area contributed by atoms with Crippen molar-refractivity contribution >= 4 is 22.5 Å². The summed E-state index contributed by atoms with van der Waals surface area (Å²) in [7, 11) is -5.36. The summed E-state index contributed by atoms with van der Waals surface area (Å²) in [5.41, 5.74) is -0.102. The van der Waals surface area contributed by atoms with Gasteiger partial charge in [0, 0.05) is 5.41 Å². The van der Waals surface area contributed by atoms with E-state index in [-0.39, 0.29) is 17.3 Å². The third-order valence-electron chi connectivity index (χ3n) is 3.75. The summed E-state index contributed by atoms with van der Waals surface area (Å²) < 4.78 is 45.8. The van der Waals surface area contributed by atoms with Gasteiger partial charge in [-0.1, -0.05) is 48.1 Å². The molecule has 7 nitrogen and oxygen atoms in total. The van der Waals surface area contributed by atoms with E-state index in [1.807, 2.05) is 0 Å². The molecular formula is C15H18FNO6S. The highest BCUT2D eigenvalue weighted by Crippen LogP contribution is 2.35. The fourth-order valence-corrected chi connectivity index (χ4v) is 2.87. The van der Waals surface area contributed by atoms with Gasteiger partial charge in [-0.2, -0.15) is 12.7 Å². The lowest BCUT2D eigenvalue weighted by atomic mass is 9.85. The number of carbonyl (C=O) groups excluding carboxylic acids is 2. The molecule has 1 aromatic carbocycles. The molecule has 0 spiro atoms. The van der Waals surface area contributed by atoms with Gasteiger partial charge in [0.1, 0.15) is 12.7 Å². The molecule has 132 valence electrons. The largest absolute Gasteiger partial charge is 0.460 e. The molecule has 0 aromatic heterocycles. The zero-order chi connectivity index (χ0) is 18.0. The molecule has 0 unspecified atom stereocenters. The van der Waals surface area contributed by atoms with Crippen molar-refractivity contribution in [1.29, 1.82) is 0 Å². The van der Waals surface area contributed by atoms with Crippen molar-refractivity contribution in [2.24, 2.45) is 5.41 Å². The van der Waals surface area contributed by atoms with Crippen LogP contribution in [-0.2, 0) is 31.3 Å². The third-order valence-corrected chi connectivity index (χ3v) is 4.57. The van der Waals surface area contributed by atoms with Crippen molar-refractivity contribution in [2.75, 3.05) is 6.54 Å². The average molecular weight is 359 g/mol.